The molecule has 3 heteroatoms. The number of carbonyl (C=O) groups is 1. The molecule has 1 atom stereocenters. The summed E-state index contributed by atoms with van der Waals surface area (Å²) in [6.45, 7) is 8.23. The van der Waals surface area contributed by atoms with Gasteiger partial charge in [0.2, 0.25) is 0 Å². The highest BCUT2D eigenvalue weighted by Gasteiger charge is 2.37. The summed E-state index contributed by atoms with van der Waals surface area (Å²) in [4.78, 5) is 13.3. The molecule has 0 saturated carbocycles. The zero-order valence-electron chi connectivity index (χ0n) is 14.2. The van der Waals surface area contributed by atoms with Crippen molar-refractivity contribution in [3.8, 4) is 0 Å². The fraction of sp³-hybridized carbons (Fsp3) is 0.450. The lowest BCUT2D eigenvalue weighted by Gasteiger charge is -2.40. The van der Waals surface area contributed by atoms with Crippen molar-refractivity contribution >= 4 is 27.5 Å². The third-order valence-electron chi connectivity index (χ3n) is 4.51. The van der Waals surface area contributed by atoms with Crippen molar-refractivity contribution in [2.75, 3.05) is 24.7 Å². The van der Waals surface area contributed by atoms with Crippen molar-refractivity contribution in [1.29, 1.82) is 0 Å². The minimum absolute atomic E-state index is 0.00816. The van der Waals surface area contributed by atoms with Gasteiger partial charge in [-0.3, -0.25) is 4.79 Å². The maximum absolute atomic E-state index is 13.3. The summed E-state index contributed by atoms with van der Waals surface area (Å²) in [5.41, 5.74) is 0.851. The van der Waals surface area contributed by atoms with Gasteiger partial charge in [-0.1, -0.05) is 57.2 Å². The molecule has 124 valence electrons. The average Bonchev–Trinajstić information content (AvgIpc) is 2.54. The van der Waals surface area contributed by atoms with Crippen LogP contribution in [0, 0.1) is 5.41 Å². The molecule has 0 bridgehead atoms. The summed E-state index contributed by atoms with van der Waals surface area (Å²) < 4.78 is 5.51. The fourth-order valence-corrected chi connectivity index (χ4v) is 6.49. The van der Waals surface area contributed by atoms with E-state index >= 15 is 0 Å². The number of ether oxygens (including phenoxy) is 1. The van der Waals surface area contributed by atoms with Gasteiger partial charge in [0, 0.05) is 5.56 Å². The second kappa shape index (κ2) is 6.66. The van der Waals surface area contributed by atoms with Crippen molar-refractivity contribution in [2.45, 2.75) is 26.0 Å². The summed E-state index contributed by atoms with van der Waals surface area (Å²) in [5.74, 6) is 2.42. The molecule has 1 unspecified atom stereocenters. The minimum atomic E-state index is -0.304. The molecule has 1 aliphatic rings. The highest BCUT2D eigenvalue weighted by Crippen LogP contribution is 2.44. The molecule has 2 nitrogen and oxygen atoms in total. The van der Waals surface area contributed by atoms with Gasteiger partial charge in [0.15, 0.2) is 5.78 Å². The van der Waals surface area contributed by atoms with Gasteiger partial charge in [0.05, 0.1) is 18.5 Å². The lowest BCUT2D eigenvalue weighted by atomic mass is 9.86. The van der Waals surface area contributed by atoms with Crippen LogP contribution in [0.15, 0.2) is 42.5 Å². The number of benzene rings is 2. The number of hydrogen-bond donors (Lipinski definition) is 1. The molecule has 0 aromatic heterocycles. The smallest absolute Gasteiger partial charge is 0.174 e. The zero-order valence-corrected chi connectivity index (χ0v) is 15.1. The number of Topliss-reactive ketones (excluding diaryl/α,β-unsaturated/α-hetero) is 1. The van der Waals surface area contributed by atoms with Crippen LogP contribution in [-0.2, 0) is 4.74 Å². The second-order valence-corrected chi connectivity index (χ2v) is 9.93. The van der Waals surface area contributed by atoms with E-state index in [0.29, 0.717) is 5.78 Å². The van der Waals surface area contributed by atoms with Gasteiger partial charge in [-0.15, -0.1) is 0 Å². The zero-order chi connectivity index (χ0) is 16.4. The molecule has 2 aromatic carbocycles. The average molecular weight is 330 g/mol. The Morgan fingerprint density at radius 3 is 2.35 bits per heavy atom. The summed E-state index contributed by atoms with van der Waals surface area (Å²) in [6.07, 6.45) is 0. The maximum Gasteiger partial charge on any atom is 0.174 e. The van der Waals surface area contributed by atoms with Gasteiger partial charge < -0.3 is 4.74 Å². The Morgan fingerprint density at radius 2 is 1.70 bits per heavy atom. The van der Waals surface area contributed by atoms with Crippen LogP contribution in [0.4, 0.5) is 0 Å². The van der Waals surface area contributed by atoms with Crippen LogP contribution < -0.4 is 0 Å². The van der Waals surface area contributed by atoms with Gasteiger partial charge in [-0.25, -0.2) is 10.9 Å². The van der Waals surface area contributed by atoms with Crippen LogP contribution in [0.1, 0.15) is 31.1 Å². The Hall–Kier alpha value is -1.32. The molecule has 1 saturated heterocycles. The van der Waals surface area contributed by atoms with E-state index in [0.717, 1.165) is 35.7 Å². The van der Waals surface area contributed by atoms with Gasteiger partial charge in [-0.2, -0.15) is 0 Å². The van der Waals surface area contributed by atoms with Crippen molar-refractivity contribution in [3.63, 3.8) is 0 Å². The van der Waals surface area contributed by atoms with Gasteiger partial charge in [0.25, 0.3) is 0 Å². The standard InChI is InChI=1S/C20H26O2S/c1-20(2,3)19(23-12-10-22-11-13-23)18(21)17-9-8-15-6-4-5-7-16(15)14-17/h4-9,14,19,23H,10-13H2,1-3H3. The molecule has 0 spiro atoms. The number of thiol groups is 1. The summed E-state index contributed by atoms with van der Waals surface area (Å²) in [7, 11) is -0.304. The molecular weight excluding hydrogens is 304 g/mol. The van der Waals surface area contributed by atoms with Crippen LogP contribution in [-0.4, -0.2) is 35.8 Å². The molecule has 0 radical (unpaired) electrons. The molecule has 1 fully saturated rings. The van der Waals surface area contributed by atoms with E-state index in [2.05, 4.69) is 45.0 Å². The van der Waals surface area contributed by atoms with Crippen molar-refractivity contribution in [3.05, 3.63) is 48.0 Å². The van der Waals surface area contributed by atoms with E-state index in [1.165, 1.54) is 5.39 Å². The molecule has 23 heavy (non-hydrogen) atoms. The topological polar surface area (TPSA) is 26.3 Å². The van der Waals surface area contributed by atoms with Gasteiger partial charge in [-0.05, 0) is 33.8 Å². The molecule has 3 rings (SSSR count). The van der Waals surface area contributed by atoms with Gasteiger partial charge >= 0.3 is 0 Å². The quantitative estimate of drug-likeness (QED) is 0.664. The maximum atomic E-state index is 13.3. The first-order chi connectivity index (χ1) is 11.0. The Balaban J connectivity index is 1.95. The molecular formula is C20H26O2S. The van der Waals surface area contributed by atoms with Gasteiger partial charge in [0.1, 0.15) is 0 Å². The third-order valence-corrected chi connectivity index (χ3v) is 7.77. The SMILES string of the molecule is CC(C)(C)C(C(=O)c1ccc2ccccc2c1)[SH]1CCOCC1. The Kier molecular flexibility index (Phi) is 4.79. The molecule has 1 heterocycles. The first kappa shape index (κ1) is 16.5. The molecule has 0 aliphatic carbocycles. The lowest BCUT2D eigenvalue weighted by Crippen LogP contribution is -2.38. The predicted octanol–water partition coefficient (Wildman–Crippen LogP) is 4.47. The van der Waals surface area contributed by atoms with E-state index in [1.54, 1.807) is 0 Å². The number of fused-ring (bicyclic) bond motifs is 1. The van der Waals surface area contributed by atoms with E-state index in [4.69, 9.17) is 4.74 Å². The fourth-order valence-electron chi connectivity index (χ4n) is 3.44. The van der Waals surface area contributed by atoms with Crippen LogP contribution in [0.2, 0.25) is 0 Å². The third kappa shape index (κ3) is 3.61. The van der Waals surface area contributed by atoms with E-state index in [-0.39, 0.29) is 21.6 Å². The normalized spacial score (nSPS) is 18.8. The van der Waals surface area contributed by atoms with E-state index in [9.17, 15) is 4.79 Å². The number of rotatable bonds is 3. The molecule has 1 aliphatic heterocycles. The Labute approximate surface area is 141 Å². The molecule has 2 aromatic rings. The monoisotopic (exact) mass is 330 g/mol. The number of carbonyl (C=O) groups excluding carboxylic acids is 1. The number of ketones is 1. The van der Waals surface area contributed by atoms with Crippen LogP contribution in [0.25, 0.3) is 10.8 Å². The lowest BCUT2D eigenvalue weighted by molar-refractivity contribution is 0.0947. The summed E-state index contributed by atoms with van der Waals surface area (Å²) >= 11 is 0. The largest absolute Gasteiger partial charge is 0.380 e. The van der Waals surface area contributed by atoms with E-state index < -0.39 is 0 Å². The number of hydrogen-bond acceptors (Lipinski definition) is 2. The highest BCUT2D eigenvalue weighted by molar-refractivity contribution is 8.18. The van der Waals surface area contributed by atoms with E-state index in [1.807, 2.05) is 18.2 Å². The van der Waals surface area contributed by atoms with Crippen LogP contribution >= 0.6 is 10.9 Å². The molecule has 0 N–H and O–H groups in total. The Bertz CT molecular complexity index is 696. The van der Waals surface area contributed by atoms with Crippen molar-refractivity contribution in [1.82, 2.24) is 0 Å². The van der Waals surface area contributed by atoms with Crippen LogP contribution in [0.5, 0.6) is 0 Å². The minimum Gasteiger partial charge on any atom is -0.380 e. The van der Waals surface area contributed by atoms with Crippen LogP contribution in [0.3, 0.4) is 0 Å². The second-order valence-electron chi connectivity index (χ2n) is 7.34. The first-order valence-corrected chi connectivity index (χ1v) is 10.1. The predicted molar refractivity (Wildman–Crippen MR) is 101 cm³/mol. The van der Waals surface area contributed by atoms with Crippen molar-refractivity contribution < 1.29 is 9.53 Å². The summed E-state index contributed by atoms with van der Waals surface area (Å²) in [5, 5.41) is 2.45. The van der Waals surface area contributed by atoms with Crippen molar-refractivity contribution in [2.24, 2.45) is 5.41 Å². The summed E-state index contributed by atoms with van der Waals surface area (Å²) in [6, 6.07) is 14.4. The first-order valence-electron chi connectivity index (χ1n) is 8.31. The highest BCUT2D eigenvalue weighted by atomic mass is 32.2. The molecule has 0 amide bonds. The Morgan fingerprint density at radius 1 is 1.04 bits per heavy atom.